The Hall–Kier alpha value is -2.88. The Balaban J connectivity index is 1.82. The molecule has 0 atom stereocenters. The molecular weight excluding hydrogens is 312 g/mol. The summed E-state index contributed by atoms with van der Waals surface area (Å²) < 4.78 is 2.04. The first-order valence-corrected chi connectivity index (χ1v) is 8.47. The Morgan fingerprint density at radius 1 is 1.12 bits per heavy atom. The first kappa shape index (κ1) is 15.6. The summed E-state index contributed by atoms with van der Waals surface area (Å²) in [5.41, 5.74) is 5.28. The lowest BCUT2D eigenvalue weighted by Crippen LogP contribution is -2.31. The fourth-order valence-electron chi connectivity index (χ4n) is 3.54. The highest BCUT2D eigenvalue weighted by molar-refractivity contribution is 6.07. The van der Waals surface area contributed by atoms with Crippen LogP contribution < -0.4 is 10.3 Å². The van der Waals surface area contributed by atoms with Gasteiger partial charge < -0.3 is 9.47 Å². The summed E-state index contributed by atoms with van der Waals surface area (Å²) >= 11 is 0. The highest BCUT2D eigenvalue weighted by atomic mass is 16.2. The van der Waals surface area contributed by atoms with Crippen molar-refractivity contribution in [3.63, 3.8) is 0 Å². The highest BCUT2D eigenvalue weighted by Crippen LogP contribution is 2.25. The highest BCUT2D eigenvalue weighted by Gasteiger charge is 2.23. The van der Waals surface area contributed by atoms with E-state index in [9.17, 15) is 9.59 Å². The van der Waals surface area contributed by atoms with E-state index in [2.05, 4.69) is 0 Å². The van der Waals surface area contributed by atoms with Crippen LogP contribution in [0, 0.1) is 13.8 Å². The number of carbonyl (C=O) groups is 1. The minimum absolute atomic E-state index is 0.185. The maximum atomic E-state index is 13.0. The molecule has 4 rings (SSSR count). The van der Waals surface area contributed by atoms with E-state index in [0.717, 1.165) is 29.7 Å². The lowest BCUT2D eigenvalue weighted by atomic mass is 10.1. The molecule has 0 saturated heterocycles. The van der Waals surface area contributed by atoms with E-state index in [1.54, 1.807) is 18.1 Å². The first-order chi connectivity index (χ1) is 12.0. The van der Waals surface area contributed by atoms with Gasteiger partial charge in [-0.2, -0.15) is 0 Å². The first-order valence-electron chi connectivity index (χ1n) is 8.47. The number of carbonyl (C=O) groups excluding carboxylic acids is 1. The third-order valence-electron chi connectivity index (χ3n) is 5.22. The number of aromatic nitrogens is 1. The maximum absolute atomic E-state index is 13.0. The molecule has 25 heavy (non-hydrogen) atoms. The van der Waals surface area contributed by atoms with Crippen LogP contribution in [0.2, 0.25) is 0 Å². The molecular formula is C21H20N2O2. The van der Waals surface area contributed by atoms with Gasteiger partial charge in [0.15, 0.2) is 0 Å². The fraction of sp³-hybridized carbons (Fsp3) is 0.238. The van der Waals surface area contributed by atoms with Gasteiger partial charge in [0, 0.05) is 30.9 Å². The molecule has 0 bridgehead atoms. The number of aryl methyl sites for hydroxylation is 4. The minimum Gasteiger partial charge on any atom is -0.346 e. The zero-order chi connectivity index (χ0) is 17.7. The largest absolute Gasteiger partial charge is 0.346 e. The topological polar surface area (TPSA) is 42.3 Å². The molecule has 0 radical (unpaired) electrons. The van der Waals surface area contributed by atoms with Crippen LogP contribution in [0.3, 0.4) is 0 Å². The maximum Gasteiger partial charge on any atom is 0.263 e. The number of anilines is 1. The SMILES string of the molecule is Cc1ccc(N(C)C(=O)c2cn3c4c(cccc4c2=O)CC3)cc1C. The fourth-order valence-corrected chi connectivity index (χ4v) is 3.54. The van der Waals surface area contributed by atoms with Crippen LogP contribution in [0.4, 0.5) is 5.69 Å². The number of para-hydroxylation sites is 1. The molecule has 0 N–H and O–H groups in total. The van der Waals surface area contributed by atoms with Gasteiger partial charge in [-0.05, 0) is 55.2 Å². The van der Waals surface area contributed by atoms with Gasteiger partial charge >= 0.3 is 0 Å². The molecule has 0 spiro atoms. The second-order valence-corrected chi connectivity index (χ2v) is 6.76. The Labute approximate surface area is 146 Å². The summed E-state index contributed by atoms with van der Waals surface area (Å²) in [6.45, 7) is 4.87. The quantitative estimate of drug-likeness (QED) is 0.721. The van der Waals surface area contributed by atoms with Crippen LogP contribution in [0.1, 0.15) is 27.0 Å². The molecule has 2 aromatic carbocycles. The summed E-state index contributed by atoms with van der Waals surface area (Å²) in [6.07, 6.45) is 2.63. The van der Waals surface area contributed by atoms with Gasteiger partial charge in [0.1, 0.15) is 5.56 Å². The second-order valence-electron chi connectivity index (χ2n) is 6.76. The number of hydrogen-bond acceptors (Lipinski definition) is 2. The zero-order valence-corrected chi connectivity index (χ0v) is 14.7. The summed E-state index contributed by atoms with van der Waals surface area (Å²) in [4.78, 5) is 27.5. The van der Waals surface area contributed by atoms with E-state index in [4.69, 9.17) is 0 Å². The molecule has 0 fully saturated rings. The number of hydrogen-bond donors (Lipinski definition) is 0. The molecule has 1 aromatic heterocycles. The van der Waals surface area contributed by atoms with Crippen LogP contribution in [-0.4, -0.2) is 17.5 Å². The van der Waals surface area contributed by atoms with Crippen LogP contribution in [0.5, 0.6) is 0 Å². The van der Waals surface area contributed by atoms with Gasteiger partial charge in [0.2, 0.25) is 5.43 Å². The number of rotatable bonds is 2. The van der Waals surface area contributed by atoms with Crippen molar-refractivity contribution in [2.45, 2.75) is 26.8 Å². The number of benzene rings is 2. The summed E-state index contributed by atoms with van der Waals surface area (Å²) in [7, 11) is 1.72. The molecule has 126 valence electrons. The predicted molar refractivity (Wildman–Crippen MR) is 101 cm³/mol. The molecule has 3 aromatic rings. The third-order valence-corrected chi connectivity index (χ3v) is 5.22. The predicted octanol–water partition coefficient (Wildman–Crippen LogP) is 3.45. The summed E-state index contributed by atoms with van der Waals surface area (Å²) in [6, 6.07) is 11.6. The lowest BCUT2D eigenvalue weighted by Gasteiger charge is -2.19. The van der Waals surface area contributed by atoms with Crippen molar-refractivity contribution in [2.24, 2.45) is 0 Å². The monoisotopic (exact) mass is 332 g/mol. The van der Waals surface area contributed by atoms with Gasteiger partial charge in [0.05, 0.1) is 5.52 Å². The molecule has 0 unspecified atom stereocenters. The third kappa shape index (κ3) is 2.37. The van der Waals surface area contributed by atoms with Crippen LogP contribution in [0.25, 0.3) is 10.9 Å². The van der Waals surface area contributed by atoms with Crippen molar-refractivity contribution >= 4 is 22.5 Å². The molecule has 4 heteroatoms. The second kappa shape index (κ2) is 5.59. The van der Waals surface area contributed by atoms with Crippen molar-refractivity contribution in [1.82, 2.24) is 4.57 Å². The normalized spacial score (nSPS) is 12.6. The Morgan fingerprint density at radius 2 is 1.92 bits per heavy atom. The average molecular weight is 332 g/mol. The Morgan fingerprint density at radius 3 is 2.68 bits per heavy atom. The van der Waals surface area contributed by atoms with E-state index in [-0.39, 0.29) is 16.9 Å². The van der Waals surface area contributed by atoms with E-state index >= 15 is 0 Å². The van der Waals surface area contributed by atoms with E-state index in [1.807, 2.05) is 54.8 Å². The molecule has 1 aliphatic heterocycles. The lowest BCUT2D eigenvalue weighted by molar-refractivity contribution is 0.0991. The molecule has 0 saturated carbocycles. The minimum atomic E-state index is -0.267. The molecule has 0 aliphatic carbocycles. The number of nitrogens with zero attached hydrogens (tertiary/aromatic N) is 2. The number of amides is 1. The molecule has 1 amide bonds. The van der Waals surface area contributed by atoms with Gasteiger partial charge in [0.25, 0.3) is 5.91 Å². The zero-order valence-electron chi connectivity index (χ0n) is 14.7. The van der Waals surface area contributed by atoms with Gasteiger partial charge in [-0.1, -0.05) is 18.2 Å². The Bertz CT molecular complexity index is 1080. The van der Waals surface area contributed by atoms with Crippen molar-refractivity contribution < 1.29 is 4.79 Å². The van der Waals surface area contributed by atoms with Crippen molar-refractivity contribution in [1.29, 1.82) is 0 Å². The molecule has 4 nitrogen and oxygen atoms in total. The van der Waals surface area contributed by atoms with Gasteiger partial charge in [-0.25, -0.2) is 0 Å². The van der Waals surface area contributed by atoms with Crippen LogP contribution >= 0.6 is 0 Å². The Kier molecular flexibility index (Phi) is 3.49. The molecule has 2 heterocycles. The van der Waals surface area contributed by atoms with Gasteiger partial charge in [-0.15, -0.1) is 0 Å². The van der Waals surface area contributed by atoms with E-state index in [1.165, 1.54) is 11.1 Å². The number of pyridine rings is 1. The summed E-state index contributed by atoms with van der Waals surface area (Å²) in [5.74, 6) is -0.267. The van der Waals surface area contributed by atoms with E-state index in [0.29, 0.717) is 5.39 Å². The van der Waals surface area contributed by atoms with E-state index < -0.39 is 0 Å². The average Bonchev–Trinajstić information content (AvgIpc) is 3.03. The van der Waals surface area contributed by atoms with Crippen LogP contribution in [-0.2, 0) is 13.0 Å². The van der Waals surface area contributed by atoms with Crippen molar-refractivity contribution in [2.75, 3.05) is 11.9 Å². The molecule has 1 aliphatic rings. The standard InChI is InChI=1S/C21H20N2O2/c1-13-7-8-16(11-14(13)2)22(3)21(25)18-12-23-10-9-15-5-4-6-17(19(15)23)20(18)24/h4-8,11-12H,9-10H2,1-3H3. The summed E-state index contributed by atoms with van der Waals surface area (Å²) in [5, 5.41) is 0.634. The smallest absolute Gasteiger partial charge is 0.263 e. The van der Waals surface area contributed by atoms with Crippen LogP contribution in [0.15, 0.2) is 47.4 Å². The van der Waals surface area contributed by atoms with Gasteiger partial charge in [-0.3, -0.25) is 9.59 Å². The van der Waals surface area contributed by atoms with Crippen molar-refractivity contribution in [3.8, 4) is 0 Å². The van der Waals surface area contributed by atoms with Crippen molar-refractivity contribution in [3.05, 3.63) is 75.1 Å².